The van der Waals surface area contributed by atoms with Gasteiger partial charge in [-0.3, -0.25) is 4.79 Å². The molecule has 0 aromatic heterocycles. The molecule has 474 valence electrons. The molecular weight excluding hydrogens is 1010 g/mol. The molecule has 2 heterocycles. The van der Waals surface area contributed by atoms with E-state index in [9.17, 15) is 45.6 Å². The van der Waals surface area contributed by atoms with Crippen LogP contribution < -0.4 is 5.32 Å². The fourth-order valence-electron chi connectivity index (χ4n) is 11.5. The summed E-state index contributed by atoms with van der Waals surface area (Å²) < 4.78 is 22.9. The molecule has 14 nitrogen and oxygen atoms in total. The van der Waals surface area contributed by atoms with Gasteiger partial charge >= 0.3 is 0 Å². The number of unbranched alkanes of at least 4 members (excludes halogenated alkanes) is 41. The summed E-state index contributed by atoms with van der Waals surface area (Å²) in [6.07, 6.45) is 45.3. The SMILES string of the molecule is CCCCCCCCCC/C=C\CCCCCCCCCCCCCCCCCCCCCCCC(=O)NC(COC1OC(CO)C(OC2OC(CO)C(O)C(O)C2O)C(O)C1O)C(O)CCCCCCCCCCCCCCC. The summed E-state index contributed by atoms with van der Waals surface area (Å²) in [6.45, 7) is 2.89. The van der Waals surface area contributed by atoms with Crippen LogP contribution in [0.15, 0.2) is 12.2 Å². The van der Waals surface area contributed by atoms with Crippen LogP contribution >= 0.6 is 0 Å². The molecule has 12 unspecified atom stereocenters. The maximum atomic E-state index is 13.3. The Kier molecular flexibility index (Phi) is 48.7. The zero-order valence-corrected chi connectivity index (χ0v) is 51.4. The van der Waals surface area contributed by atoms with Crippen LogP contribution in [-0.2, 0) is 23.7 Å². The van der Waals surface area contributed by atoms with Gasteiger partial charge in [-0.25, -0.2) is 0 Å². The van der Waals surface area contributed by atoms with Crippen LogP contribution in [0.25, 0.3) is 0 Å². The van der Waals surface area contributed by atoms with E-state index in [2.05, 4.69) is 31.3 Å². The van der Waals surface area contributed by atoms with Crippen LogP contribution in [0.5, 0.6) is 0 Å². The highest BCUT2D eigenvalue weighted by atomic mass is 16.7. The minimum absolute atomic E-state index is 0.200. The first-order valence-electron chi connectivity index (χ1n) is 33.9. The molecule has 0 saturated carbocycles. The molecule has 0 bridgehead atoms. The normalized spacial score (nSPS) is 24.2. The number of hydrogen-bond donors (Lipinski definition) is 9. The van der Waals surface area contributed by atoms with Gasteiger partial charge in [0.25, 0.3) is 0 Å². The van der Waals surface area contributed by atoms with Crippen molar-refractivity contribution in [1.29, 1.82) is 0 Å². The van der Waals surface area contributed by atoms with Crippen LogP contribution in [-0.4, -0.2) is 140 Å². The van der Waals surface area contributed by atoms with Crippen molar-refractivity contribution < 1.29 is 64.6 Å². The minimum Gasteiger partial charge on any atom is -0.394 e. The van der Waals surface area contributed by atoms with Crippen molar-refractivity contribution >= 4 is 5.91 Å². The van der Waals surface area contributed by atoms with E-state index in [1.54, 1.807) is 0 Å². The van der Waals surface area contributed by atoms with Gasteiger partial charge in [-0.05, 0) is 38.5 Å². The fourth-order valence-corrected chi connectivity index (χ4v) is 11.5. The molecular formula is C66H127NO13. The number of amides is 1. The maximum absolute atomic E-state index is 13.3. The van der Waals surface area contributed by atoms with Crippen molar-refractivity contribution in [3.05, 3.63) is 12.2 Å². The number of rotatable bonds is 56. The molecule has 80 heavy (non-hydrogen) atoms. The van der Waals surface area contributed by atoms with Gasteiger partial charge in [0.1, 0.15) is 48.8 Å². The number of aliphatic hydroxyl groups excluding tert-OH is 8. The van der Waals surface area contributed by atoms with E-state index in [0.717, 1.165) is 51.4 Å². The fraction of sp³-hybridized carbons (Fsp3) is 0.955. The largest absolute Gasteiger partial charge is 0.394 e. The van der Waals surface area contributed by atoms with Gasteiger partial charge < -0.3 is 65.1 Å². The molecule has 2 aliphatic rings. The van der Waals surface area contributed by atoms with Crippen molar-refractivity contribution in [3.63, 3.8) is 0 Å². The van der Waals surface area contributed by atoms with Gasteiger partial charge in [-0.1, -0.05) is 276 Å². The molecule has 0 aromatic carbocycles. The van der Waals surface area contributed by atoms with E-state index >= 15 is 0 Å². The molecule has 0 spiro atoms. The molecule has 2 saturated heterocycles. The molecule has 0 aromatic rings. The number of carbonyl (C=O) groups excluding carboxylic acids is 1. The number of ether oxygens (including phenoxy) is 4. The molecule has 0 aliphatic carbocycles. The Hall–Kier alpha value is -1.27. The third-order valence-electron chi connectivity index (χ3n) is 17.0. The Labute approximate surface area is 488 Å². The minimum atomic E-state index is -1.78. The van der Waals surface area contributed by atoms with E-state index in [0.29, 0.717) is 12.8 Å². The highest BCUT2D eigenvalue weighted by Gasteiger charge is 2.51. The highest BCUT2D eigenvalue weighted by Crippen LogP contribution is 2.30. The Morgan fingerprint density at radius 1 is 0.438 bits per heavy atom. The second-order valence-electron chi connectivity index (χ2n) is 24.3. The standard InChI is InChI=1S/C66H127NO13/c1-3-5-7-9-11-13-15-17-18-19-20-21-22-23-24-25-26-27-28-29-30-31-32-33-34-35-36-38-40-42-44-46-48-50-58(71)67-54(55(70)49-47-45-43-41-39-37-16-14-12-10-8-6-4-2)53-77-65-63(76)61(74)64(57(52-69)79-65)80-66-62(75)60(73)59(72)56(51-68)78-66/h19-20,54-57,59-66,68-70,72-76H,3-18,21-53H2,1-2H3,(H,67,71)/b20-19-. The summed E-state index contributed by atoms with van der Waals surface area (Å²) in [4.78, 5) is 13.3. The summed E-state index contributed by atoms with van der Waals surface area (Å²) in [5.41, 5.74) is 0. The van der Waals surface area contributed by atoms with Gasteiger partial charge in [-0.15, -0.1) is 0 Å². The number of carbonyl (C=O) groups is 1. The summed E-state index contributed by atoms with van der Waals surface area (Å²) in [7, 11) is 0. The Balaban J connectivity index is 1.59. The number of hydrogen-bond acceptors (Lipinski definition) is 13. The summed E-state index contributed by atoms with van der Waals surface area (Å²) >= 11 is 0. The highest BCUT2D eigenvalue weighted by molar-refractivity contribution is 5.76. The van der Waals surface area contributed by atoms with Crippen molar-refractivity contribution in [1.82, 2.24) is 5.32 Å². The number of allylic oxidation sites excluding steroid dienone is 2. The zero-order valence-electron chi connectivity index (χ0n) is 51.4. The van der Waals surface area contributed by atoms with Gasteiger partial charge in [0.15, 0.2) is 12.6 Å². The lowest BCUT2D eigenvalue weighted by Gasteiger charge is -2.46. The lowest BCUT2D eigenvalue weighted by atomic mass is 9.97. The Bertz CT molecular complexity index is 1390. The van der Waals surface area contributed by atoms with Crippen molar-refractivity contribution in [3.8, 4) is 0 Å². The molecule has 14 heteroatoms. The zero-order chi connectivity index (χ0) is 58.1. The lowest BCUT2D eigenvalue weighted by Crippen LogP contribution is -2.65. The molecule has 0 radical (unpaired) electrons. The van der Waals surface area contributed by atoms with E-state index in [1.807, 2.05) is 0 Å². The van der Waals surface area contributed by atoms with Crippen LogP contribution in [0.3, 0.4) is 0 Å². The predicted octanol–water partition coefficient (Wildman–Crippen LogP) is 13.0. The van der Waals surface area contributed by atoms with Crippen LogP contribution in [0.1, 0.15) is 309 Å². The average Bonchev–Trinajstić information content (AvgIpc) is 3.49. The van der Waals surface area contributed by atoms with E-state index in [4.69, 9.17) is 18.9 Å². The molecule has 9 N–H and O–H groups in total. The van der Waals surface area contributed by atoms with Gasteiger partial charge in [0.2, 0.25) is 5.91 Å². The average molecular weight is 1140 g/mol. The van der Waals surface area contributed by atoms with Gasteiger partial charge in [0.05, 0.1) is 32.0 Å². The van der Waals surface area contributed by atoms with Gasteiger partial charge in [-0.2, -0.15) is 0 Å². The summed E-state index contributed by atoms with van der Waals surface area (Å²) in [6, 6.07) is -0.824. The third kappa shape index (κ3) is 36.5. The van der Waals surface area contributed by atoms with E-state index in [-0.39, 0.29) is 12.5 Å². The second kappa shape index (κ2) is 52.1. The molecule has 12 atom stereocenters. The number of aliphatic hydroxyl groups is 8. The smallest absolute Gasteiger partial charge is 0.220 e. The quantitative estimate of drug-likeness (QED) is 0.0204. The van der Waals surface area contributed by atoms with Crippen LogP contribution in [0.4, 0.5) is 0 Å². The van der Waals surface area contributed by atoms with Crippen molar-refractivity contribution in [2.24, 2.45) is 0 Å². The topological polar surface area (TPSA) is 228 Å². The predicted molar refractivity (Wildman–Crippen MR) is 323 cm³/mol. The molecule has 2 rings (SSSR count). The van der Waals surface area contributed by atoms with Crippen LogP contribution in [0, 0.1) is 0 Å². The third-order valence-corrected chi connectivity index (χ3v) is 17.0. The Morgan fingerprint density at radius 3 is 1.19 bits per heavy atom. The first-order valence-corrected chi connectivity index (χ1v) is 33.9. The molecule has 1 amide bonds. The first-order chi connectivity index (χ1) is 39.1. The molecule has 2 aliphatic heterocycles. The first kappa shape index (κ1) is 74.8. The lowest BCUT2D eigenvalue weighted by molar-refractivity contribution is -0.359. The van der Waals surface area contributed by atoms with E-state index in [1.165, 1.54) is 231 Å². The van der Waals surface area contributed by atoms with Gasteiger partial charge in [0, 0.05) is 6.42 Å². The Morgan fingerprint density at radius 2 is 0.787 bits per heavy atom. The monoisotopic (exact) mass is 1140 g/mol. The molecule has 2 fully saturated rings. The number of nitrogens with one attached hydrogen (secondary N) is 1. The van der Waals surface area contributed by atoms with Crippen molar-refractivity contribution in [2.75, 3.05) is 19.8 Å². The summed E-state index contributed by atoms with van der Waals surface area (Å²) in [5.74, 6) is -0.200. The maximum Gasteiger partial charge on any atom is 0.220 e. The summed E-state index contributed by atoms with van der Waals surface area (Å²) in [5, 5.41) is 87.3. The van der Waals surface area contributed by atoms with Crippen molar-refractivity contribution in [2.45, 2.75) is 383 Å². The second-order valence-corrected chi connectivity index (χ2v) is 24.3. The van der Waals surface area contributed by atoms with Crippen LogP contribution in [0.2, 0.25) is 0 Å². The van der Waals surface area contributed by atoms with E-state index < -0.39 is 86.8 Å².